The van der Waals surface area contributed by atoms with Crippen LogP contribution in [0.3, 0.4) is 0 Å². The second-order valence-corrected chi connectivity index (χ2v) is 5.01. The Bertz CT molecular complexity index is 350. The van der Waals surface area contributed by atoms with Crippen molar-refractivity contribution in [2.24, 2.45) is 0 Å². The molecule has 1 aliphatic rings. The fourth-order valence-corrected chi connectivity index (χ4v) is 2.12. The molecule has 1 aromatic rings. The quantitative estimate of drug-likeness (QED) is 0.726. The lowest BCUT2D eigenvalue weighted by Crippen LogP contribution is -2.31. The third-order valence-electron chi connectivity index (χ3n) is 2.84. The summed E-state index contributed by atoms with van der Waals surface area (Å²) in [5.41, 5.74) is -0.226. The van der Waals surface area contributed by atoms with Gasteiger partial charge in [-0.1, -0.05) is 0 Å². The summed E-state index contributed by atoms with van der Waals surface area (Å²) in [6.07, 6.45) is 0.925. The zero-order chi connectivity index (χ0) is 11.1. The largest absolute Gasteiger partial charge is 0.373 e. The minimum Gasteiger partial charge on any atom is -0.373 e. The topological polar surface area (TPSA) is 52.8 Å². The number of hydrogen-bond donors (Lipinski definition) is 0. The molecule has 0 aromatic carbocycles. The van der Waals surface area contributed by atoms with Gasteiger partial charge in [0.25, 0.3) is 0 Å². The molecule has 1 aromatic heterocycles. The average molecular weight is 231 g/mol. The summed E-state index contributed by atoms with van der Waals surface area (Å²) in [5.74, 6) is 0.709. The highest BCUT2D eigenvalue weighted by atomic mass is 35.5. The zero-order valence-electron chi connectivity index (χ0n) is 9.14. The van der Waals surface area contributed by atoms with Crippen molar-refractivity contribution in [3.8, 4) is 0 Å². The Kier molecular flexibility index (Phi) is 2.68. The van der Waals surface area contributed by atoms with Gasteiger partial charge in [-0.25, -0.2) is 4.68 Å². The van der Waals surface area contributed by atoms with E-state index in [2.05, 4.69) is 29.4 Å². The first-order chi connectivity index (χ1) is 7.02. The minimum absolute atomic E-state index is 0.170. The monoisotopic (exact) mass is 230 g/mol. The highest BCUT2D eigenvalue weighted by Crippen LogP contribution is 2.36. The number of rotatable bonds is 2. The molecule has 1 saturated heterocycles. The normalized spacial score (nSPS) is 26.8. The maximum Gasteiger partial charge on any atom is 0.169 e. The Morgan fingerprint density at radius 3 is 2.87 bits per heavy atom. The number of hydrogen-bond acceptors (Lipinski definition) is 4. The maximum absolute atomic E-state index is 6.02. The van der Waals surface area contributed by atoms with E-state index >= 15 is 0 Å². The van der Waals surface area contributed by atoms with Gasteiger partial charge in [0, 0.05) is 6.61 Å². The smallest absolute Gasteiger partial charge is 0.169 e. The molecule has 2 unspecified atom stereocenters. The van der Waals surface area contributed by atoms with Crippen LogP contribution in [0, 0.1) is 0 Å². The molecular formula is C9H15ClN4O. The van der Waals surface area contributed by atoms with Crippen LogP contribution in [-0.2, 0) is 4.74 Å². The highest BCUT2D eigenvalue weighted by molar-refractivity contribution is 6.20. The van der Waals surface area contributed by atoms with Gasteiger partial charge in [-0.15, -0.1) is 16.7 Å². The Hall–Kier alpha value is -0.680. The van der Waals surface area contributed by atoms with E-state index in [-0.39, 0.29) is 17.0 Å². The summed E-state index contributed by atoms with van der Waals surface area (Å²) < 4.78 is 7.45. The van der Waals surface area contributed by atoms with Crippen LogP contribution >= 0.6 is 11.6 Å². The lowest BCUT2D eigenvalue weighted by atomic mass is 9.99. The van der Waals surface area contributed by atoms with E-state index in [1.54, 1.807) is 4.68 Å². The molecule has 1 aliphatic heterocycles. The van der Waals surface area contributed by atoms with Gasteiger partial charge in [0.1, 0.15) is 0 Å². The van der Waals surface area contributed by atoms with Gasteiger partial charge in [0.2, 0.25) is 0 Å². The standard InChI is InChI=1S/C9H15ClN4O/c1-6(10)8-11-12-13-14(8)7-4-5-15-9(7,2)3/h6-7H,4-5H2,1-3H3. The number of aromatic nitrogens is 4. The second-order valence-electron chi connectivity index (χ2n) is 4.35. The second kappa shape index (κ2) is 3.72. The van der Waals surface area contributed by atoms with Crippen LogP contribution in [-0.4, -0.2) is 32.4 Å². The average Bonchev–Trinajstić information content (AvgIpc) is 2.69. The van der Waals surface area contributed by atoms with Crippen LogP contribution in [0.5, 0.6) is 0 Å². The van der Waals surface area contributed by atoms with Crippen LogP contribution < -0.4 is 0 Å². The van der Waals surface area contributed by atoms with Crippen LogP contribution in [0.2, 0.25) is 0 Å². The first-order valence-corrected chi connectivity index (χ1v) is 5.52. The number of alkyl halides is 1. The van der Waals surface area contributed by atoms with Crippen LogP contribution in [0.15, 0.2) is 0 Å². The summed E-state index contributed by atoms with van der Waals surface area (Å²) in [6, 6.07) is 0.170. The molecular weight excluding hydrogens is 216 g/mol. The van der Waals surface area contributed by atoms with Gasteiger partial charge in [-0.05, 0) is 37.6 Å². The summed E-state index contributed by atoms with van der Waals surface area (Å²) >= 11 is 6.02. The van der Waals surface area contributed by atoms with Gasteiger partial charge >= 0.3 is 0 Å². The third kappa shape index (κ3) is 1.86. The predicted octanol–water partition coefficient (Wildman–Crippen LogP) is 1.71. The van der Waals surface area contributed by atoms with Crippen molar-refractivity contribution >= 4 is 11.6 Å². The summed E-state index contributed by atoms with van der Waals surface area (Å²) in [5, 5.41) is 11.4. The molecule has 0 spiro atoms. The number of tetrazole rings is 1. The van der Waals surface area contributed by atoms with E-state index in [9.17, 15) is 0 Å². The molecule has 0 bridgehead atoms. The zero-order valence-corrected chi connectivity index (χ0v) is 9.90. The van der Waals surface area contributed by atoms with Gasteiger partial charge in [-0.2, -0.15) is 0 Å². The Morgan fingerprint density at radius 2 is 2.33 bits per heavy atom. The third-order valence-corrected chi connectivity index (χ3v) is 3.03. The molecule has 2 atom stereocenters. The van der Waals surface area contributed by atoms with E-state index in [1.807, 2.05) is 6.92 Å². The first-order valence-electron chi connectivity index (χ1n) is 5.08. The molecule has 0 saturated carbocycles. The number of nitrogens with zero attached hydrogens (tertiary/aromatic N) is 4. The SMILES string of the molecule is CC(Cl)c1nnnn1C1CCOC1(C)C. The Labute approximate surface area is 93.7 Å². The van der Waals surface area contributed by atoms with E-state index in [0.29, 0.717) is 5.82 Å². The molecule has 5 nitrogen and oxygen atoms in total. The minimum atomic E-state index is -0.226. The maximum atomic E-state index is 6.02. The number of halogens is 1. The number of ether oxygens (including phenoxy) is 1. The van der Waals surface area contributed by atoms with E-state index in [4.69, 9.17) is 16.3 Å². The van der Waals surface area contributed by atoms with Gasteiger partial charge in [-0.3, -0.25) is 0 Å². The molecule has 1 fully saturated rings. The van der Waals surface area contributed by atoms with Gasteiger partial charge in [0.05, 0.1) is 17.0 Å². The molecule has 0 N–H and O–H groups in total. The van der Waals surface area contributed by atoms with E-state index < -0.39 is 0 Å². The fourth-order valence-electron chi connectivity index (χ4n) is 1.98. The molecule has 0 amide bonds. The van der Waals surface area contributed by atoms with Crippen LogP contribution in [0.25, 0.3) is 0 Å². The van der Waals surface area contributed by atoms with Crippen molar-refractivity contribution in [3.63, 3.8) is 0 Å². The van der Waals surface area contributed by atoms with Crippen LogP contribution in [0.4, 0.5) is 0 Å². The lowest BCUT2D eigenvalue weighted by Gasteiger charge is -2.26. The van der Waals surface area contributed by atoms with Crippen molar-refractivity contribution in [2.75, 3.05) is 6.61 Å². The Balaban J connectivity index is 2.33. The van der Waals surface area contributed by atoms with Crippen LogP contribution in [0.1, 0.15) is 44.4 Å². The van der Waals surface area contributed by atoms with Crippen molar-refractivity contribution in [1.82, 2.24) is 20.2 Å². The lowest BCUT2D eigenvalue weighted by molar-refractivity contribution is 0.0108. The molecule has 0 radical (unpaired) electrons. The summed E-state index contributed by atoms with van der Waals surface area (Å²) in [6.45, 7) is 6.71. The molecule has 15 heavy (non-hydrogen) atoms. The fraction of sp³-hybridized carbons (Fsp3) is 0.889. The summed E-state index contributed by atoms with van der Waals surface area (Å²) in [4.78, 5) is 0. The molecule has 2 rings (SSSR count). The molecule has 6 heteroatoms. The molecule has 0 aliphatic carbocycles. The Morgan fingerprint density at radius 1 is 1.60 bits per heavy atom. The van der Waals surface area contributed by atoms with Crippen molar-refractivity contribution in [2.45, 2.75) is 44.2 Å². The predicted molar refractivity (Wildman–Crippen MR) is 55.8 cm³/mol. The highest BCUT2D eigenvalue weighted by Gasteiger charge is 2.39. The van der Waals surface area contributed by atoms with E-state index in [0.717, 1.165) is 13.0 Å². The first kappa shape index (κ1) is 10.8. The van der Waals surface area contributed by atoms with Gasteiger partial charge < -0.3 is 4.74 Å². The summed E-state index contributed by atoms with van der Waals surface area (Å²) in [7, 11) is 0. The van der Waals surface area contributed by atoms with Gasteiger partial charge in [0.15, 0.2) is 5.82 Å². The van der Waals surface area contributed by atoms with Crippen molar-refractivity contribution < 1.29 is 4.74 Å². The molecule has 2 heterocycles. The van der Waals surface area contributed by atoms with Crippen molar-refractivity contribution in [1.29, 1.82) is 0 Å². The van der Waals surface area contributed by atoms with E-state index in [1.165, 1.54) is 0 Å². The van der Waals surface area contributed by atoms with Crippen molar-refractivity contribution in [3.05, 3.63) is 5.82 Å². The molecule has 84 valence electrons.